The average molecular weight is 464 g/mol. The van der Waals surface area contributed by atoms with E-state index in [1.807, 2.05) is 0 Å². The molecule has 0 radical (unpaired) electrons. The van der Waals surface area contributed by atoms with E-state index in [4.69, 9.17) is 0 Å². The average Bonchev–Trinajstić information content (AvgIpc) is 2.76. The van der Waals surface area contributed by atoms with Crippen LogP contribution in [0.4, 0.5) is 29.5 Å². The number of ether oxygens (including phenoxy) is 1. The fourth-order valence-corrected chi connectivity index (χ4v) is 3.59. The molecular weight excluding hydrogens is 441 g/mol. The lowest BCUT2D eigenvalue weighted by Gasteiger charge is -2.37. The molecule has 2 unspecified atom stereocenters. The maximum absolute atomic E-state index is 13.2. The molecule has 0 bridgehead atoms. The van der Waals surface area contributed by atoms with Crippen molar-refractivity contribution in [2.75, 3.05) is 16.8 Å². The molecule has 3 N–H and O–H groups in total. The second-order valence-corrected chi connectivity index (χ2v) is 7.46. The molecule has 3 rings (SSSR count). The van der Waals surface area contributed by atoms with Crippen LogP contribution in [0.1, 0.15) is 31.4 Å². The van der Waals surface area contributed by atoms with E-state index in [2.05, 4.69) is 26.9 Å². The van der Waals surface area contributed by atoms with Gasteiger partial charge in [-0.3, -0.25) is 9.69 Å². The van der Waals surface area contributed by atoms with Crippen LogP contribution in [0, 0.1) is 0 Å². The molecule has 0 aliphatic carbocycles. The number of nitrogens with one attached hydrogen (secondary N) is 2. The van der Waals surface area contributed by atoms with E-state index in [1.165, 1.54) is 24.4 Å². The Morgan fingerprint density at radius 3 is 2.67 bits per heavy atom. The van der Waals surface area contributed by atoms with Crippen molar-refractivity contribution in [3.63, 3.8) is 0 Å². The molecule has 2 atom stereocenters. The number of aromatic nitrogens is 1. The Balaban J connectivity index is 1.93. The molecule has 0 spiro atoms. The van der Waals surface area contributed by atoms with Crippen LogP contribution in [0.25, 0.3) is 0 Å². The lowest BCUT2D eigenvalue weighted by atomic mass is 9.83. The van der Waals surface area contributed by atoms with Crippen LogP contribution in [0.5, 0.6) is 5.75 Å². The predicted molar refractivity (Wildman–Crippen MR) is 115 cm³/mol. The van der Waals surface area contributed by atoms with Crippen LogP contribution in [-0.2, 0) is 4.79 Å². The van der Waals surface area contributed by atoms with Crippen LogP contribution in [0.2, 0.25) is 0 Å². The van der Waals surface area contributed by atoms with Gasteiger partial charge in [0, 0.05) is 6.20 Å². The van der Waals surface area contributed by atoms with Crippen molar-refractivity contribution in [1.82, 2.24) is 10.3 Å². The van der Waals surface area contributed by atoms with Crippen molar-refractivity contribution in [2.24, 2.45) is 0 Å². The van der Waals surface area contributed by atoms with Crippen LogP contribution in [0.3, 0.4) is 0 Å². The molecule has 0 saturated carbocycles. The maximum Gasteiger partial charge on any atom is 0.573 e. The third-order valence-electron chi connectivity index (χ3n) is 5.23. The summed E-state index contributed by atoms with van der Waals surface area (Å²) in [5.41, 5.74) is -0.813. The van der Waals surface area contributed by atoms with Crippen molar-refractivity contribution in [3.8, 4) is 5.75 Å². The topological polar surface area (TPSA) is 104 Å². The predicted octanol–water partition coefficient (Wildman–Crippen LogP) is 3.91. The van der Waals surface area contributed by atoms with Gasteiger partial charge in [0.2, 0.25) is 5.91 Å². The molecule has 2 heterocycles. The standard InChI is InChI=1S/C22H23F3N4O4/c1-3-11-21(32,4-2)18(14-7-9-15(10-8-14)33-22(23,24)25)28-20(31)29-13-17(30)27-16-6-5-12-26-19(16)29/h3,5-10,12,18,32H,1,4,11,13H2,2H3,(H,27,30)(H,28,31). The second kappa shape index (κ2) is 9.49. The monoisotopic (exact) mass is 464 g/mol. The van der Waals surface area contributed by atoms with Gasteiger partial charge < -0.3 is 20.5 Å². The summed E-state index contributed by atoms with van der Waals surface area (Å²) in [5, 5.41) is 16.6. The summed E-state index contributed by atoms with van der Waals surface area (Å²) >= 11 is 0. The van der Waals surface area contributed by atoms with Gasteiger partial charge in [-0.15, -0.1) is 19.8 Å². The van der Waals surface area contributed by atoms with Gasteiger partial charge in [-0.2, -0.15) is 0 Å². The zero-order valence-corrected chi connectivity index (χ0v) is 17.7. The summed E-state index contributed by atoms with van der Waals surface area (Å²) in [4.78, 5) is 30.6. The van der Waals surface area contributed by atoms with E-state index in [9.17, 15) is 27.9 Å². The highest BCUT2D eigenvalue weighted by Gasteiger charge is 2.39. The minimum absolute atomic E-state index is 0.0879. The van der Waals surface area contributed by atoms with E-state index < -0.39 is 35.7 Å². The molecule has 1 aliphatic heterocycles. The summed E-state index contributed by atoms with van der Waals surface area (Å²) in [6, 6.07) is 6.29. The van der Waals surface area contributed by atoms with E-state index in [0.29, 0.717) is 11.3 Å². The maximum atomic E-state index is 13.2. The fraction of sp³-hybridized carbons (Fsp3) is 0.318. The zero-order chi connectivity index (χ0) is 24.2. The van der Waals surface area contributed by atoms with Crippen molar-refractivity contribution < 1.29 is 32.6 Å². The summed E-state index contributed by atoms with van der Waals surface area (Å²) in [5.74, 6) is -0.635. The first-order valence-corrected chi connectivity index (χ1v) is 10.1. The molecule has 1 aliphatic rings. The SMILES string of the molecule is C=CCC(O)(CC)C(NC(=O)N1CC(=O)Nc2cccnc21)c1ccc(OC(F)(F)F)cc1. The summed E-state index contributed by atoms with van der Waals surface area (Å²) in [6.45, 7) is 5.05. The van der Waals surface area contributed by atoms with Gasteiger partial charge in [-0.25, -0.2) is 9.78 Å². The number of rotatable bonds is 7. The lowest BCUT2D eigenvalue weighted by molar-refractivity contribution is -0.274. The van der Waals surface area contributed by atoms with Crippen LogP contribution in [0.15, 0.2) is 55.3 Å². The molecule has 1 aromatic heterocycles. The number of nitrogens with zero attached hydrogens (tertiary/aromatic N) is 2. The number of amides is 3. The van der Waals surface area contributed by atoms with Gasteiger partial charge in [-0.05, 0) is 42.7 Å². The third kappa shape index (κ3) is 5.61. The number of benzene rings is 1. The molecular formula is C22H23F3N4O4. The fourth-order valence-electron chi connectivity index (χ4n) is 3.59. The molecule has 11 heteroatoms. The molecule has 8 nitrogen and oxygen atoms in total. The number of hydrogen-bond donors (Lipinski definition) is 3. The Bertz CT molecular complexity index is 1030. The van der Waals surface area contributed by atoms with Gasteiger partial charge in [0.1, 0.15) is 12.3 Å². The first kappa shape index (κ1) is 24.1. The Labute approximate surface area is 188 Å². The number of carbonyl (C=O) groups is 2. The normalized spacial score (nSPS) is 16.2. The molecule has 3 amide bonds. The van der Waals surface area contributed by atoms with E-state index in [1.54, 1.807) is 19.1 Å². The van der Waals surface area contributed by atoms with Crippen LogP contribution >= 0.6 is 0 Å². The highest BCUT2D eigenvalue weighted by molar-refractivity contribution is 6.08. The smallest absolute Gasteiger partial charge is 0.406 e. The van der Waals surface area contributed by atoms with Gasteiger partial charge >= 0.3 is 12.4 Å². The number of hydrogen-bond acceptors (Lipinski definition) is 5. The summed E-state index contributed by atoms with van der Waals surface area (Å²) in [6.07, 6.45) is -1.62. The number of anilines is 2. The number of fused-ring (bicyclic) bond motifs is 1. The number of alkyl halides is 3. The van der Waals surface area contributed by atoms with Crippen molar-refractivity contribution >= 4 is 23.4 Å². The Kier molecular flexibility index (Phi) is 6.92. The zero-order valence-electron chi connectivity index (χ0n) is 17.7. The summed E-state index contributed by atoms with van der Waals surface area (Å²) < 4.78 is 41.4. The Morgan fingerprint density at radius 2 is 2.06 bits per heavy atom. The number of carbonyl (C=O) groups excluding carboxylic acids is 2. The quantitative estimate of drug-likeness (QED) is 0.539. The molecule has 33 heavy (non-hydrogen) atoms. The molecule has 0 saturated heterocycles. The van der Waals surface area contributed by atoms with Crippen molar-refractivity contribution in [2.45, 2.75) is 37.8 Å². The number of urea groups is 1. The molecule has 1 aromatic carbocycles. The van der Waals surface area contributed by atoms with Crippen LogP contribution < -0.4 is 20.3 Å². The number of aliphatic hydroxyl groups is 1. The number of halogens is 3. The molecule has 0 fully saturated rings. The first-order chi connectivity index (χ1) is 15.6. The van der Waals surface area contributed by atoms with Gasteiger partial charge in [0.25, 0.3) is 0 Å². The highest BCUT2D eigenvalue weighted by atomic mass is 19.4. The van der Waals surface area contributed by atoms with Crippen molar-refractivity contribution in [3.05, 3.63) is 60.8 Å². The Hall–Kier alpha value is -3.60. The van der Waals surface area contributed by atoms with Gasteiger partial charge in [0.15, 0.2) is 5.82 Å². The third-order valence-corrected chi connectivity index (χ3v) is 5.23. The van der Waals surface area contributed by atoms with E-state index in [0.717, 1.165) is 17.0 Å². The van der Waals surface area contributed by atoms with Crippen LogP contribution in [-0.4, -0.2) is 40.5 Å². The second-order valence-electron chi connectivity index (χ2n) is 7.46. The Morgan fingerprint density at radius 1 is 1.36 bits per heavy atom. The molecule has 2 aromatic rings. The summed E-state index contributed by atoms with van der Waals surface area (Å²) in [7, 11) is 0. The van der Waals surface area contributed by atoms with E-state index >= 15 is 0 Å². The van der Waals surface area contributed by atoms with E-state index in [-0.39, 0.29) is 25.2 Å². The minimum atomic E-state index is -4.85. The number of pyridine rings is 1. The lowest BCUT2D eigenvalue weighted by Crippen LogP contribution is -2.53. The van der Waals surface area contributed by atoms with Crippen molar-refractivity contribution in [1.29, 1.82) is 0 Å². The van der Waals surface area contributed by atoms with Gasteiger partial charge in [-0.1, -0.05) is 25.1 Å². The van der Waals surface area contributed by atoms with Gasteiger partial charge in [0.05, 0.1) is 17.3 Å². The first-order valence-electron chi connectivity index (χ1n) is 10.1. The highest BCUT2D eigenvalue weighted by Crippen LogP contribution is 2.35. The minimum Gasteiger partial charge on any atom is -0.406 e. The largest absolute Gasteiger partial charge is 0.573 e. The molecule has 176 valence electrons.